The molecule has 298 valence electrons. The lowest BCUT2D eigenvalue weighted by Gasteiger charge is -2.29. The van der Waals surface area contributed by atoms with Gasteiger partial charge in [0.1, 0.15) is 6.07 Å². The van der Waals surface area contributed by atoms with E-state index in [2.05, 4.69) is 229 Å². The molecule has 0 saturated carbocycles. The molecule has 0 spiro atoms. The van der Waals surface area contributed by atoms with E-state index in [0.717, 1.165) is 72.4 Å². The van der Waals surface area contributed by atoms with E-state index in [1.807, 2.05) is 0 Å². The van der Waals surface area contributed by atoms with Crippen LogP contribution in [0.4, 0.5) is 0 Å². The minimum atomic E-state index is 0.616. The summed E-state index contributed by atoms with van der Waals surface area (Å²) in [6.45, 7) is 8.68. The Morgan fingerprint density at radius 2 is 0.619 bits per heavy atom. The first kappa shape index (κ1) is 36.7. The van der Waals surface area contributed by atoms with Crippen LogP contribution in [0.1, 0.15) is 27.8 Å². The molecule has 0 fully saturated rings. The SMILES string of the molecule is Cc1ccc2c(c1)c1cc(C)ccc1n2-c1c(-c2ccccc2)c(C#N)c(-c2ccccc2)c(-n2c3ccc(C)cc3c3cc(C)ccc32)c1-n1c2ccccc2c2ccccc21. The first-order chi connectivity index (χ1) is 30.9. The maximum Gasteiger partial charge on any atom is 0.101 e. The van der Waals surface area contributed by atoms with Gasteiger partial charge in [-0.3, -0.25) is 0 Å². The Morgan fingerprint density at radius 1 is 0.317 bits per heavy atom. The van der Waals surface area contributed by atoms with Crippen molar-refractivity contribution in [2.45, 2.75) is 27.7 Å². The quantitative estimate of drug-likeness (QED) is 0.171. The van der Waals surface area contributed by atoms with Gasteiger partial charge in [-0.25, -0.2) is 0 Å². The van der Waals surface area contributed by atoms with Crippen molar-refractivity contribution >= 4 is 65.4 Å². The average Bonchev–Trinajstić information content (AvgIpc) is 3.93. The number of rotatable bonds is 5. The van der Waals surface area contributed by atoms with Gasteiger partial charge >= 0.3 is 0 Å². The lowest BCUT2D eigenvalue weighted by atomic mass is 9.87. The second kappa shape index (κ2) is 14.0. The zero-order valence-electron chi connectivity index (χ0n) is 35.6. The maximum atomic E-state index is 12.1. The van der Waals surface area contributed by atoms with E-state index >= 15 is 0 Å². The molecule has 0 atom stereocenters. The van der Waals surface area contributed by atoms with Crippen LogP contribution in [0, 0.1) is 39.0 Å². The van der Waals surface area contributed by atoms with Gasteiger partial charge in [0.25, 0.3) is 0 Å². The third-order valence-electron chi connectivity index (χ3n) is 13.1. The third-order valence-corrected chi connectivity index (χ3v) is 13.1. The summed E-state index contributed by atoms with van der Waals surface area (Å²) in [5.41, 5.74) is 18.5. The fourth-order valence-electron chi connectivity index (χ4n) is 10.4. The molecule has 0 unspecified atom stereocenters. The Labute approximate surface area is 365 Å². The summed E-state index contributed by atoms with van der Waals surface area (Å²) >= 11 is 0. The van der Waals surface area contributed by atoms with Crippen LogP contribution in [-0.4, -0.2) is 13.7 Å². The molecule has 0 N–H and O–H groups in total. The predicted molar refractivity (Wildman–Crippen MR) is 264 cm³/mol. The van der Waals surface area contributed by atoms with Crippen LogP contribution in [-0.2, 0) is 0 Å². The topological polar surface area (TPSA) is 38.6 Å². The van der Waals surface area contributed by atoms with Gasteiger partial charge in [-0.1, -0.05) is 144 Å². The highest BCUT2D eigenvalue weighted by Crippen LogP contribution is 2.52. The standard InChI is InChI=1S/C59H42N4/c1-36-23-27-51-44(31-36)45-32-37(2)24-28-52(45)61(51)57-55(40-15-7-5-8-16-40)48(35-60)56(41-17-9-6-10-18-41)58(59(57)63-49-21-13-11-19-42(49)43-20-12-14-22-50(43)63)62-53-29-25-38(3)33-46(53)47-34-39(4)26-30-54(47)62/h5-34H,1-4H3. The second-order valence-electron chi connectivity index (χ2n) is 17.1. The molecule has 63 heavy (non-hydrogen) atoms. The molecule has 12 aromatic rings. The number of nitriles is 1. The van der Waals surface area contributed by atoms with Gasteiger partial charge in [0, 0.05) is 43.4 Å². The molecule has 0 aliphatic heterocycles. The van der Waals surface area contributed by atoms with Gasteiger partial charge in [0.15, 0.2) is 0 Å². The van der Waals surface area contributed by atoms with E-state index in [4.69, 9.17) is 0 Å². The van der Waals surface area contributed by atoms with E-state index in [1.54, 1.807) is 0 Å². The molecule has 0 aliphatic rings. The Morgan fingerprint density at radius 3 is 0.968 bits per heavy atom. The second-order valence-corrected chi connectivity index (χ2v) is 17.1. The normalized spacial score (nSPS) is 11.8. The highest BCUT2D eigenvalue weighted by molar-refractivity contribution is 6.16. The molecule has 0 amide bonds. The van der Waals surface area contributed by atoms with Crippen molar-refractivity contribution < 1.29 is 0 Å². The number of fused-ring (bicyclic) bond motifs is 9. The maximum absolute atomic E-state index is 12.1. The molecular weight excluding hydrogens is 765 g/mol. The summed E-state index contributed by atoms with van der Waals surface area (Å²) in [7, 11) is 0. The van der Waals surface area contributed by atoms with Crippen molar-refractivity contribution in [2.75, 3.05) is 0 Å². The molecule has 0 saturated heterocycles. The van der Waals surface area contributed by atoms with Crippen LogP contribution in [0.15, 0.2) is 182 Å². The van der Waals surface area contributed by atoms with Crippen LogP contribution >= 0.6 is 0 Å². The molecule has 12 rings (SSSR count). The van der Waals surface area contributed by atoms with E-state index in [-0.39, 0.29) is 0 Å². The molecule has 0 aliphatic carbocycles. The zero-order chi connectivity index (χ0) is 42.5. The summed E-state index contributed by atoms with van der Waals surface area (Å²) in [6.07, 6.45) is 0. The number of aromatic nitrogens is 3. The summed E-state index contributed by atoms with van der Waals surface area (Å²) in [5.74, 6) is 0. The Kier molecular flexibility index (Phi) is 8.13. The first-order valence-corrected chi connectivity index (χ1v) is 21.7. The largest absolute Gasteiger partial charge is 0.306 e. The number of para-hydroxylation sites is 2. The summed E-state index contributed by atoms with van der Waals surface area (Å²) < 4.78 is 7.42. The lowest BCUT2D eigenvalue weighted by molar-refractivity contribution is 1.05. The van der Waals surface area contributed by atoms with Gasteiger partial charge in [-0.05, 0) is 99.5 Å². The Balaban J connectivity index is 1.47. The number of nitrogens with zero attached hydrogens (tertiary/aromatic N) is 4. The molecule has 0 bridgehead atoms. The van der Waals surface area contributed by atoms with Crippen LogP contribution in [0.3, 0.4) is 0 Å². The summed E-state index contributed by atoms with van der Waals surface area (Å²) in [5, 5.41) is 19.1. The molecule has 4 nitrogen and oxygen atoms in total. The van der Waals surface area contributed by atoms with Gasteiger partial charge in [0.2, 0.25) is 0 Å². The fraction of sp³-hybridized carbons (Fsp3) is 0.0678. The predicted octanol–water partition coefficient (Wildman–Crippen LogP) is 15.4. The zero-order valence-corrected chi connectivity index (χ0v) is 35.6. The van der Waals surface area contributed by atoms with Crippen molar-refractivity contribution in [3.63, 3.8) is 0 Å². The Bertz CT molecular complexity index is 3530. The monoisotopic (exact) mass is 806 g/mol. The fourth-order valence-corrected chi connectivity index (χ4v) is 10.4. The van der Waals surface area contributed by atoms with Crippen molar-refractivity contribution in [3.05, 3.63) is 210 Å². The van der Waals surface area contributed by atoms with E-state index in [9.17, 15) is 5.26 Å². The van der Waals surface area contributed by atoms with Crippen LogP contribution in [0.2, 0.25) is 0 Å². The van der Waals surface area contributed by atoms with Crippen molar-refractivity contribution in [3.8, 4) is 45.4 Å². The molecule has 3 heterocycles. The van der Waals surface area contributed by atoms with Crippen molar-refractivity contribution in [1.29, 1.82) is 5.26 Å². The van der Waals surface area contributed by atoms with Crippen molar-refractivity contribution in [2.24, 2.45) is 0 Å². The average molecular weight is 807 g/mol. The minimum Gasteiger partial charge on any atom is -0.306 e. The molecule has 3 aromatic heterocycles. The summed E-state index contributed by atoms with van der Waals surface area (Å²) in [4.78, 5) is 0. The van der Waals surface area contributed by atoms with Crippen LogP contribution < -0.4 is 0 Å². The minimum absolute atomic E-state index is 0.616. The van der Waals surface area contributed by atoms with E-state index in [0.29, 0.717) is 5.56 Å². The van der Waals surface area contributed by atoms with Crippen molar-refractivity contribution in [1.82, 2.24) is 13.7 Å². The Hall–Kier alpha value is -8.13. The highest BCUT2D eigenvalue weighted by Gasteiger charge is 2.33. The number of hydrogen-bond donors (Lipinski definition) is 0. The van der Waals surface area contributed by atoms with E-state index in [1.165, 1.54) is 54.6 Å². The number of benzene rings is 9. The smallest absolute Gasteiger partial charge is 0.101 e. The molecule has 9 aromatic carbocycles. The van der Waals surface area contributed by atoms with Gasteiger partial charge in [0.05, 0.1) is 55.7 Å². The van der Waals surface area contributed by atoms with Gasteiger partial charge < -0.3 is 13.7 Å². The summed E-state index contributed by atoms with van der Waals surface area (Å²) in [6, 6.07) is 68.8. The van der Waals surface area contributed by atoms with Crippen LogP contribution in [0.25, 0.3) is 105 Å². The molecule has 4 heteroatoms. The lowest BCUT2D eigenvalue weighted by Crippen LogP contribution is -2.14. The number of aryl methyl sites for hydroxylation is 4. The van der Waals surface area contributed by atoms with Gasteiger partial charge in [-0.15, -0.1) is 0 Å². The third kappa shape index (κ3) is 5.40. The van der Waals surface area contributed by atoms with Gasteiger partial charge in [-0.2, -0.15) is 5.26 Å². The molecular formula is C59H42N4. The highest BCUT2D eigenvalue weighted by atomic mass is 15.1. The number of hydrogen-bond acceptors (Lipinski definition) is 1. The first-order valence-electron chi connectivity index (χ1n) is 21.7. The van der Waals surface area contributed by atoms with E-state index < -0.39 is 0 Å². The van der Waals surface area contributed by atoms with Crippen LogP contribution in [0.5, 0.6) is 0 Å². The molecule has 0 radical (unpaired) electrons.